The van der Waals surface area contributed by atoms with Crippen LogP contribution in [0.1, 0.15) is 35.1 Å². The van der Waals surface area contributed by atoms with Crippen LogP contribution >= 0.6 is 7.37 Å². The van der Waals surface area contributed by atoms with E-state index in [4.69, 9.17) is 10.5 Å². The van der Waals surface area contributed by atoms with E-state index in [2.05, 4.69) is 60.2 Å². The fourth-order valence-electron chi connectivity index (χ4n) is 4.21. The van der Waals surface area contributed by atoms with E-state index in [1.807, 2.05) is 12.3 Å². The van der Waals surface area contributed by atoms with Crippen LogP contribution in [-0.4, -0.2) is 34.3 Å². The third kappa shape index (κ3) is 5.94. The molecular formula is C27H32N3O3P. The lowest BCUT2D eigenvalue weighted by molar-refractivity contribution is 0.308. The van der Waals surface area contributed by atoms with E-state index in [-0.39, 0.29) is 0 Å². The van der Waals surface area contributed by atoms with Crippen LogP contribution < -0.4 is 10.5 Å². The first-order valence-electron chi connectivity index (χ1n) is 11.7. The second kappa shape index (κ2) is 10.1. The Hall–Kier alpha value is -2.95. The van der Waals surface area contributed by atoms with Gasteiger partial charge in [0, 0.05) is 29.8 Å². The topological polar surface area (TPSA) is 98.3 Å². The van der Waals surface area contributed by atoms with Gasteiger partial charge in [-0.05, 0) is 86.1 Å². The summed E-state index contributed by atoms with van der Waals surface area (Å²) in [6.07, 6.45) is 5.47. The Morgan fingerprint density at radius 1 is 1.03 bits per heavy atom. The van der Waals surface area contributed by atoms with Gasteiger partial charge in [-0.2, -0.15) is 0 Å². The minimum Gasteiger partial charge on any atom is -0.494 e. The molecule has 0 fully saturated rings. The molecule has 0 aliphatic heterocycles. The van der Waals surface area contributed by atoms with Crippen molar-refractivity contribution in [2.75, 3.05) is 25.2 Å². The molecule has 0 aliphatic carbocycles. The average molecular weight is 478 g/mol. The molecule has 1 unspecified atom stereocenters. The molecule has 0 bridgehead atoms. The molecule has 0 saturated carbocycles. The van der Waals surface area contributed by atoms with Gasteiger partial charge in [0.2, 0.25) is 0 Å². The lowest BCUT2D eigenvalue weighted by atomic mass is 9.99. The summed E-state index contributed by atoms with van der Waals surface area (Å²) in [6, 6.07) is 14.6. The molecule has 0 aliphatic rings. The fraction of sp³-hybridized carbons (Fsp3) is 0.333. The first kappa shape index (κ1) is 24.2. The number of pyridine rings is 2. The van der Waals surface area contributed by atoms with Gasteiger partial charge in [-0.25, -0.2) is 4.98 Å². The van der Waals surface area contributed by atoms with Gasteiger partial charge in [-0.15, -0.1) is 0 Å². The summed E-state index contributed by atoms with van der Waals surface area (Å²) < 4.78 is 17.2. The van der Waals surface area contributed by atoms with Crippen LogP contribution in [0.3, 0.4) is 0 Å². The van der Waals surface area contributed by atoms with Crippen LogP contribution in [0.15, 0.2) is 48.7 Å². The number of unbranched alkanes of at least 4 members (excludes halogenated alkanes) is 1. The molecule has 2 aromatic carbocycles. The molecule has 178 valence electrons. The molecular weight excluding hydrogens is 445 g/mol. The van der Waals surface area contributed by atoms with E-state index in [0.29, 0.717) is 25.0 Å². The maximum absolute atomic E-state index is 11.3. The third-order valence-electron chi connectivity index (χ3n) is 6.10. The van der Waals surface area contributed by atoms with Crippen molar-refractivity contribution in [2.45, 2.75) is 39.5 Å². The van der Waals surface area contributed by atoms with E-state index in [1.165, 1.54) is 17.8 Å². The maximum Gasteiger partial charge on any atom is 0.197 e. The Kier molecular flexibility index (Phi) is 7.20. The van der Waals surface area contributed by atoms with Crippen molar-refractivity contribution < 1.29 is 14.2 Å². The van der Waals surface area contributed by atoms with E-state index in [0.717, 1.165) is 57.9 Å². The molecule has 4 aromatic rings. The number of rotatable bonds is 9. The second-order valence-electron chi connectivity index (χ2n) is 9.18. The monoisotopic (exact) mass is 477 g/mol. The van der Waals surface area contributed by atoms with Gasteiger partial charge in [0.05, 0.1) is 12.1 Å². The average Bonchev–Trinajstić information content (AvgIpc) is 2.77. The standard InChI is InChI=1S/C27H32N3O3P/c1-18-6-11-23-24-16-20(17-29-26(24)27(28)30-25(23)14-18)7-8-21-9-10-22(15-19(21)2)33-12-4-5-13-34(3,31)32/h6,9-11,14-17H,4-5,7-8,12-13H2,1-3H3,(H2,28,30)(H,31,32). The number of nitrogen functional groups attached to an aromatic ring is 1. The van der Waals surface area contributed by atoms with E-state index < -0.39 is 7.37 Å². The summed E-state index contributed by atoms with van der Waals surface area (Å²) in [5.41, 5.74) is 12.6. The number of hydrogen-bond acceptors (Lipinski definition) is 5. The first-order chi connectivity index (χ1) is 16.2. The molecule has 2 aromatic heterocycles. The number of hydrogen-bond donors (Lipinski definition) is 2. The van der Waals surface area contributed by atoms with Crippen molar-refractivity contribution in [3.05, 3.63) is 70.9 Å². The van der Waals surface area contributed by atoms with Gasteiger partial charge in [-0.1, -0.05) is 18.2 Å². The van der Waals surface area contributed by atoms with Gasteiger partial charge < -0.3 is 15.4 Å². The van der Waals surface area contributed by atoms with Crippen molar-refractivity contribution in [2.24, 2.45) is 0 Å². The van der Waals surface area contributed by atoms with Crippen LogP contribution in [0.5, 0.6) is 5.75 Å². The lowest BCUT2D eigenvalue weighted by Gasteiger charge is -2.12. The summed E-state index contributed by atoms with van der Waals surface area (Å²) in [7, 11) is -2.93. The van der Waals surface area contributed by atoms with E-state index >= 15 is 0 Å². The minimum atomic E-state index is -2.93. The zero-order valence-electron chi connectivity index (χ0n) is 20.0. The zero-order chi connectivity index (χ0) is 24.3. The molecule has 4 rings (SSSR count). The number of nitrogens with zero attached hydrogens (tertiary/aromatic N) is 2. The van der Waals surface area contributed by atoms with Crippen LogP contribution in [0.4, 0.5) is 5.82 Å². The van der Waals surface area contributed by atoms with Crippen LogP contribution in [0, 0.1) is 13.8 Å². The van der Waals surface area contributed by atoms with Crippen LogP contribution in [-0.2, 0) is 17.4 Å². The Balaban J connectivity index is 1.42. The smallest absolute Gasteiger partial charge is 0.197 e. The molecule has 0 amide bonds. The van der Waals surface area contributed by atoms with Crippen molar-refractivity contribution in [3.8, 4) is 5.75 Å². The number of nitrogens with two attached hydrogens (primary N) is 1. The largest absolute Gasteiger partial charge is 0.494 e. The highest BCUT2D eigenvalue weighted by molar-refractivity contribution is 7.57. The number of anilines is 1. The first-order valence-corrected chi connectivity index (χ1v) is 13.9. The molecule has 0 spiro atoms. The summed E-state index contributed by atoms with van der Waals surface area (Å²) >= 11 is 0. The van der Waals surface area contributed by atoms with Crippen molar-refractivity contribution in [1.82, 2.24) is 9.97 Å². The molecule has 0 radical (unpaired) electrons. The summed E-state index contributed by atoms with van der Waals surface area (Å²) in [5, 5.41) is 2.11. The number of aromatic nitrogens is 2. The van der Waals surface area contributed by atoms with Crippen molar-refractivity contribution >= 4 is 35.0 Å². The summed E-state index contributed by atoms with van der Waals surface area (Å²) in [4.78, 5) is 18.5. The Bertz CT molecular complexity index is 1380. The Morgan fingerprint density at radius 2 is 1.85 bits per heavy atom. The highest BCUT2D eigenvalue weighted by Crippen LogP contribution is 2.36. The highest BCUT2D eigenvalue weighted by Gasteiger charge is 2.10. The van der Waals surface area contributed by atoms with Crippen molar-refractivity contribution in [1.29, 1.82) is 0 Å². The van der Waals surface area contributed by atoms with E-state index in [9.17, 15) is 9.46 Å². The van der Waals surface area contributed by atoms with Gasteiger partial charge >= 0.3 is 0 Å². The number of aryl methyl sites for hydroxylation is 4. The van der Waals surface area contributed by atoms with Crippen LogP contribution in [0.2, 0.25) is 0 Å². The quantitative estimate of drug-likeness (QED) is 0.179. The van der Waals surface area contributed by atoms with Crippen molar-refractivity contribution in [3.63, 3.8) is 0 Å². The molecule has 2 heterocycles. The maximum atomic E-state index is 11.3. The molecule has 1 atom stereocenters. The summed E-state index contributed by atoms with van der Waals surface area (Å²) in [6.45, 7) is 6.10. The second-order valence-corrected chi connectivity index (χ2v) is 11.7. The lowest BCUT2D eigenvalue weighted by Crippen LogP contribution is -2.01. The van der Waals surface area contributed by atoms with E-state index in [1.54, 1.807) is 0 Å². The molecule has 7 heteroatoms. The predicted molar refractivity (Wildman–Crippen MR) is 140 cm³/mol. The summed E-state index contributed by atoms with van der Waals surface area (Å²) in [5.74, 6) is 1.30. The predicted octanol–water partition coefficient (Wildman–Crippen LogP) is 5.83. The number of ether oxygens (including phenoxy) is 1. The van der Waals surface area contributed by atoms with Gasteiger partial charge in [0.25, 0.3) is 0 Å². The zero-order valence-corrected chi connectivity index (χ0v) is 20.9. The number of benzene rings is 2. The van der Waals surface area contributed by atoms with Gasteiger partial charge in [-0.3, -0.25) is 9.55 Å². The van der Waals surface area contributed by atoms with Gasteiger partial charge in [0.1, 0.15) is 11.3 Å². The van der Waals surface area contributed by atoms with Gasteiger partial charge in [0.15, 0.2) is 13.2 Å². The minimum absolute atomic E-state index is 0.344. The SMILES string of the molecule is Cc1ccc2c(c1)nc(N)c1ncc(CCc3ccc(OCCCCP(C)(=O)O)cc3C)cc12. The highest BCUT2D eigenvalue weighted by atomic mass is 31.2. The number of fused-ring (bicyclic) bond motifs is 3. The molecule has 6 nitrogen and oxygen atoms in total. The Morgan fingerprint density at radius 3 is 2.62 bits per heavy atom. The molecule has 0 saturated heterocycles. The molecule has 3 N–H and O–H groups in total. The normalized spacial score (nSPS) is 13.3. The molecule has 34 heavy (non-hydrogen) atoms. The van der Waals surface area contributed by atoms with Crippen LogP contribution in [0.25, 0.3) is 21.8 Å². The third-order valence-corrected chi connectivity index (χ3v) is 7.25. The fourth-order valence-corrected chi connectivity index (χ4v) is 5.02. The Labute approximate surface area is 200 Å².